The topological polar surface area (TPSA) is 74.1 Å². The molecule has 0 amide bonds. The van der Waals surface area contributed by atoms with Crippen molar-refractivity contribution in [1.29, 1.82) is 0 Å². The fourth-order valence-electron chi connectivity index (χ4n) is 1.60. The molecule has 0 fully saturated rings. The van der Waals surface area contributed by atoms with Gasteiger partial charge in [-0.05, 0) is 23.8 Å². The van der Waals surface area contributed by atoms with Gasteiger partial charge in [0.2, 0.25) is 0 Å². The standard InChI is InChI=1S/C11H11N3O2/c12-8-9-7-10(14(15)16)3-4-11(9)13-5-1-2-6-13/h1-7H,8,12H2. The second kappa shape index (κ2) is 4.16. The highest BCUT2D eigenvalue weighted by Crippen LogP contribution is 2.20. The van der Waals surface area contributed by atoms with Crippen molar-refractivity contribution < 1.29 is 4.92 Å². The third kappa shape index (κ3) is 1.80. The molecule has 0 aliphatic rings. The van der Waals surface area contributed by atoms with Crippen molar-refractivity contribution >= 4 is 5.69 Å². The van der Waals surface area contributed by atoms with Crippen LogP contribution in [0.2, 0.25) is 0 Å². The second-order valence-electron chi connectivity index (χ2n) is 3.36. The summed E-state index contributed by atoms with van der Waals surface area (Å²) in [5.74, 6) is 0. The van der Waals surface area contributed by atoms with Crippen molar-refractivity contribution in [3.63, 3.8) is 0 Å². The van der Waals surface area contributed by atoms with E-state index >= 15 is 0 Å². The molecule has 1 aromatic carbocycles. The van der Waals surface area contributed by atoms with Gasteiger partial charge < -0.3 is 10.3 Å². The first-order chi connectivity index (χ1) is 7.72. The first-order valence-corrected chi connectivity index (χ1v) is 4.83. The molecule has 0 aliphatic heterocycles. The van der Waals surface area contributed by atoms with Crippen molar-refractivity contribution in [3.8, 4) is 5.69 Å². The zero-order chi connectivity index (χ0) is 11.5. The van der Waals surface area contributed by atoms with Gasteiger partial charge in [0, 0.05) is 36.8 Å². The summed E-state index contributed by atoms with van der Waals surface area (Å²) in [6, 6.07) is 8.48. The molecule has 1 aromatic heterocycles. The lowest BCUT2D eigenvalue weighted by atomic mass is 10.1. The fraction of sp³-hybridized carbons (Fsp3) is 0.0909. The van der Waals surface area contributed by atoms with E-state index in [1.54, 1.807) is 6.07 Å². The van der Waals surface area contributed by atoms with E-state index in [-0.39, 0.29) is 12.2 Å². The monoisotopic (exact) mass is 217 g/mol. The summed E-state index contributed by atoms with van der Waals surface area (Å²) in [7, 11) is 0. The number of nitro groups is 1. The van der Waals surface area contributed by atoms with Gasteiger partial charge in [0.25, 0.3) is 5.69 Å². The average molecular weight is 217 g/mol. The molecular formula is C11H11N3O2. The smallest absolute Gasteiger partial charge is 0.269 e. The molecule has 0 spiro atoms. The van der Waals surface area contributed by atoms with E-state index in [4.69, 9.17) is 5.73 Å². The molecule has 5 nitrogen and oxygen atoms in total. The number of hydrogen-bond donors (Lipinski definition) is 1. The van der Waals surface area contributed by atoms with E-state index in [1.165, 1.54) is 12.1 Å². The van der Waals surface area contributed by atoms with Gasteiger partial charge in [-0.2, -0.15) is 0 Å². The Bertz CT molecular complexity index is 506. The van der Waals surface area contributed by atoms with Gasteiger partial charge in [-0.15, -0.1) is 0 Å². The Labute approximate surface area is 92.3 Å². The van der Waals surface area contributed by atoms with Gasteiger partial charge in [-0.25, -0.2) is 0 Å². The lowest BCUT2D eigenvalue weighted by molar-refractivity contribution is -0.384. The van der Waals surface area contributed by atoms with Gasteiger partial charge in [-0.3, -0.25) is 10.1 Å². The molecule has 0 bridgehead atoms. The Morgan fingerprint density at radius 3 is 2.56 bits per heavy atom. The molecule has 0 atom stereocenters. The highest BCUT2D eigenvalue weighted by Gasteiger charge is 2.10. The Morgan fingerprint density at radius 1 is 1.31 bits per heavy atom. The molecule has 0 saturated carbocycles. The van der Waals surface area contributed by atoms with E-state index in [0.29, 0.717) is 0 Å². The number of nitrogens with zero attached hydrogens (tertiary/aromatic N) is 2. The quantitative estimate of drug-likeness (QED) is 0.629. The number of benzene rings is 1. The SMILES string of the molecule is NCc1cc([N+](=O)[O-])ccc1-n1cccc1. The number of aromatic nitrogens is 1. The van der Waals surface area contributed by atoms with E-state index < -0.39 is 4.92 Å². The van der Waals surface area contributed by atoms with Gasteiger partial charge in [0.05, 0.1) is 4.92 Å². The summed E-state index contributed by atoms with van der Waals surface area (Å²) < 4.78 is 1.88. The van der Waals surface area contributed by atoms with Crippen LogP contribution in [0.5, 0.6) is 0 Å². The Hall–Kier alpha value is -2.14. The van der Waals surface area contributed by atoms with Crippen LogP contribution in [0.3, 0.4) is 0 Å². The predicted molar refractivity (Wildman–Crippen MR) is 60.3 cm³/mol. The van der Waals surface area contributed by atoms with Gasteiger partial charge in [0.1, 0.15) is 0 Å². The van der Waals surface area contributed by atoms with Crippen LogP contribution in [-0.2, 0) is 6.54 Å². The minimum absolute atomic E-state index is 0.0661. The van der Waals surface area contributed by atoms with E-state index in [9.17, 15) is 10.1 Å². The zero-order valence-electron chi connectivity index (χ0n) is 8.54. The van der Waals surface area contributed by atoms with Gasteiger partial charge in [0.15, 0.2) is 0 Å². The van der Waals surface area contributed by atoms with Gasteiger partial charge in [-0.1, -0.05) is 0 Å². The maximum atomic E-state index is 10.6. The van der Waals surface area contributed by atoms with Crippen LogP contribution >= 0.6 is 0 Å². The summed E-state index contributed by atoms with van der Waals surface area (Å²) in [5, 5.41) is 10.6. The van der Waals surface area contributed by atoms with E-state index in [1.807, 2.05) is 29.1 Å². The summed E-state index contributed by atoms with van der Waals surface area (Å²) in [6.07, 6.45) is 3.75. The van der Waals surface area contributed by atoms with Crippen LogP contribution in [0, 0.1) is 10.1 Å². The molecule has 0 aliphatic carbocycles. The van der Waals surface area contributed by atoms with Crippen molar-refractivity contribution in [3.05, 3.63) is 58.4 Å². The molecule has 2 aromatic rings. The van der Waals surface area contributed by atoms with Crippen LogP contribution < -0.4 is 5.73 Å². The van der Waals surface area contributed by atoms with Crippen molar-refractivity contribution in [2.24, 2.45) is 5.73 Å². The summed E-state index contributed by atoms with van der Waals surface area (Å²) >= 11 is 0. The minimum Gasteiger partial charge on any atom is -0.326 e. The highest BCUT2D eigenvalue weighted by molar-refractivity contribution is 5.48. The summed E-state index contributed by atoms with van der Waals surface area (Å²) in [4.78, 5) is 10.2. The zero-order valence-corrected chi connectivity index (χ0v) is 8.54. The number of nitrogens with two attached hydrogens (primary N) is 1. The number of nitro benzene ring substituents is 1. The third-order valence-corrected chi connectivity index (χ3v) is 2.38. The predicted octanol–water partition coefficient (Wildman–Crippen LogP) is 1.84. The number of non-ortho nitro benzene ring substituents is 1. The fourth-order valence-corrected chi connectivity index (χ4v) is 1.60. The van der Waals surface area contributed by atoms with Crippen molar-refractivity contribution in [1.82, 2.24) is 4.57 Å². The summed E-state index contributed by atoms with van der Waals surface area (Å²) in [6.45, 7) is 0.273. The molecular weight excluding hydrogens is 206 g/mol. The van der Waals surface area contributed by atoms with Crippen molar-refractivity contribution in [2.45, 2.75) is 6.54 Å². The lowest BCUT2D eigenvalue weighted by Crippen LogP contribution is -2.04. The van der Waals surface area contributed by atoms with E-state index in [2.05, 4.69) is 0 Å². The van der Waals surface area contributed by atoms with Crippen LogP contribution in [0.25, 0.3) is 5.69 Å². The lowest BCUT2D eigenvalue weighted by Gasteiger charge is -2.08. The average Bonchev–Trinajstić information content (AvgIpc) is 2.81. The Kier molecular flexibility index (Phi) is 2.70. The molecule has 82 valence electrons. The molecule has 2 rings (SSSR count). The number of rotatable bonds is 3. The van der Waals surface area contributed by atoms with Crippen LogP contribution in [0.15, 0.2) is 42.7 Å². The maximum absolute atomic E-state index is 10.6. The third-order valence-electron chi connectivity index (χ3n) is 2.38. The van der Waals surface area contributed by atoms with Crippen LogP contribution in [-0.4, -0.2) is 9.49 Å². The molecule has 2 N–H and O–H groups in total. The second-order valence-corrected chi connectivity index (χ2v) is 3.36. The normalized spacial score (nSPS) is 10.3. The first kappa shape index (κ1) is 10.4. The highest BCUT2D eigenvalue weighted by atomic mass is 16.6. The Morgan fingerprint density at radius 2 is 2.00 bits per heavy atom. The molecule has 1 heterocycles. The molecule has 0 radical (unpaired) electrons. The Balaban J connectivity index is 2.51. The maximum Gasteiger partial charge on any atom is 0.269 e. The molecule has 0 saturated heterocycles. The largest absolute Gasteiger partial charge is 0.326 e. The van der Waals surface area contributed by atoms with Crippen molar-refractivity contribution in [2.75, 3.05) is 0 Å². The number of hydrogen-bond acceptors (Lipinski definition) is 3. The van der Waals surface area contributed by atoms with Crippen LogP contribution in [0.1, 0.15) is 5.56 Å². The van der Waals surface area contributed by atoms with E-state index in [0.717, 1.165) is 11.3 Å². The molecule has 16 heavy (non-hydrogen) atoms. The first-order valence-electron chi connectivity index (χ1n) is 4.83. The molecule has 5 heteroatoms. The van der Waals surface area contributed by atoms with Gasteiger partial charge >= 0.3 is 0 Å². The van der Waals surface area contributed by atoms with Crippen LogP contribution in [0.4, 0.5) is 5.69 Å². The summed E-state index contributed by atoms with van der Waals surface area (Å²) in [5.41, 5.74) is 7.28. The minimum atomic E-state index is -0.418. The molecule has 0 unspecified atom stereocenters.